The minimum Gasteiger partial charge on any atom is -0.507 e. The highest BCUT2D eigenvalue weighted by atomic mass is 16.6. The Morgan fingerprint density at radius 3 is 2.27 bits per heavy atom. The van der Waals surface area contributed by atoms with Crippen molar-refractivity contribution in [1.82, 2.24) is 0 Å². The molecule has 0 unspecified atom stereocenters. The van der Waals surface area contributed by atoms with Gasteiger partial charge in [-0.3, -0.25) is 28.8 Å². The maximum Gasteiger partial charge on any atom is 0.309 e. The largest absolute Gasteiger partial charge is 0.507 e. The fourth-order valence-electron chi connectivity index (χ4n) is 8.86. The highest BCUT2D eigenvalue weighted by Crippen LogP contribution is 2.65. The van der Waals surface area contributed by atoms with Crippen molar-refractivity contribution in [2.75, 3.05) is 7.11 Å². The van der Waals surface area contributed by atoms with Gasteiger partial charge in [0, 0.05) is 35.6 Å². The van der Waals surface area contributed by atoms with Gasteiger partial charge in [-0.1, -0.05) is 0 Å². The molecule has 2 bridgehead atoms. The van der Waals surface area contributed by atoms with Crippen LogP contribution >= 0.6 is 0 Å². The molecule has 6 aliphatic rings. The molecule has 3 heterocycles. The maximum atomic E-state index is 14.3. The van der Waals surface area contributed by atoms with E-state index in [4.69, 9.17) is 23.7 Å². The van der Waals surface area contributed by atoms with Crippen molar-refractivity contribution in [2.45, 2.75) is 88.5 Å². The number of aromatic hydroxyl groups is 3. The van der Waals surface area contributed by atoms with Gasteiger partial charge in [0.25, 0.3) is 0 Å². The number of phenolic OH excluding ortho intramolecular Hbond substituents is 3. The van der Waals surface area contributed by atoms with Gasteiger partial charge in [0.1, 0.15) is 23.4 Å². The Bertz CT molecular complexity index is 2040. The zero-order valence-corrected chi connectivity index (χ0v) is 26.7. The van der Waals surface area contributed by atoms with Gasteiger partial charge in [0.05, 0.1) is 72.0 Å². The van der Waals surface area contributed by atoms with Crippen LogP contribution in [0.25, 0.3) is 0 Å². The number of methoxy groups -OCH3 is 1. The first-order valence-electron chi connectivity index (χ1n) is 15.9. The number of benzene rings is 2. The zero-order valence-electron chi connectivity index (χ0n) is 26.7. The molecular formula is C35H30O14. The van der Waals surface area contributed by atoms with Crippen molar-refractivity contribution in [3.63, 3.8) is 0 Å². The van der Waals surface area contributed by atoms with E-state index in [1.165, 1.54) is 14.0 Å². The summed E-state index contributed by atoms with van der Waals surface area (Å²) in [6.07, 6.45) is -4.97. The minimum absolute atomic E-state index is 0.00140. The molecule has 0 radical (unpaired) electrons. The SMILES string of the molecule is COC(=O)C[C@H]1Cc2cc3c(c(O)c2[C@H](C)O1)C(=O)[C@@H]1C[C@]3(OC(C)=O)c2c(O)c3c(c(O)c21)C(=O)C1=C(C3=O)[C@@H]2OC(=O)C[C@@H]2O[C@H]1C. The number of rotatable bonds is 3. The third-order valence-corrected chi connectivity index (χ3v) is 10.6. The second-order valence-corrected chi connectivity index (χ2v) is 13.3. The summed E-state index contributed by atoms with van der Waals surface area (Å²) < 4.78 is 28.0. The smallest absolute Gasteiger partial charge is 0.309 e. The Morgan fingerprint density at radius 1 is 0.898 bits per heavy atom. The number of carbonyl (C=O) groups excluding carboxylic acids is 6. The molecule has 2 aromatic rings. The van der Waals surface area contributed by atoms with Gasteiger partial charge in [-0.05, 0) is 31.9 Å². The van der Waals surface area contributed by atoms with E-state index in [0.29, 0.717) is 5.56 Å². The lowest BCUT2D eigenvalue weighted by Gasteiger charge is -2.39. The number of hydrogen-bond donors (Lipinski definition) is 3. The van der Waals surface area contributed by atoms with Crippen LogP contribution in [0.3, 0.4) is 0 Å². The van der Waals surface area contributed by atoms with Crippen LogP contribution in [-0.2, 0) is 50.1 Å². The van der Waals surface area contributed by atoms with Gasteiger partial charge in [-0.25, -0.2) is 0 Å². The van der Waals surface area contributed by atoms with Crippen molar-refractivity contribution < 1.29 is 67.8 Å². The van der Waals surface area contributed by atoms with E-state index in [0.717, 1.165) is 6.92 Å². The van der Waals surface area contributed by atoms with Crippen LogP contribution in [0.2, 0.25) is 0 Å². The number of fused-ring (bicyclic) bond motifs is 11. The average Bonchev–Trinajstić information content (AvgIpc) is 3.55. The maximum absolute atomic E-state index is 14.3. The van der Waals surface area contributed by atoms with Crippen LogP contribution in [0.15, 0.2) is 17.2 Å². The van der Waals surface area contributed by atoms with E-state index < -0.39 is 106 Å². The highest BCUT2D eigenvalue weighted by Gasteiger charge is 2.62. The fourth-order valence-corrected chi connectivity index (χ4v) is 8.86. The second kappa shape index (κ2) is 10.2. The molecule has 0 spiro atoms. The topological polar surface area (TPSA) is 209 Å². The minimum atomic E-state index is -2.00. The molecule has 3 N–H and O–H groups in total. The lowest BCUT2D eigenvalue weighted by Crippen LogP contribution is -2.44. The quantitative estimate of drug-likeness (QED) is 0.243. The molecule has 0 saturated carbocycles. The number of phenols is 3. The van der Waals surface area contributed by atoms with Crippen LogP contribution in [0.1, 0.15) is 111 Å². The van der Waals surface area contributed by atoms with Gasteiger partial charge >= 0.3 is 17.9 Å². The lowest BCUT2D eigenvalue weighted by molar-refractivity contribution is -0.154. The molecular weight excluding hydrogens is 644 g/mol. The van der Waals surface area contributed by atoms with Gasteiger partial charge in [0.2, 0.25) is 0 Å². The molecule has 0 aromatic heterocycles. The summed E-state index contributed by atoms with van der Waals surface area (Å²) >= 11 is 0. The first-order valence-corrected chi connectivity index (χ1v) is 15.9. The van der Waals surface area contributed by atoms with E-state index in [1.54, 1.807) is 13.0 Å². The summed E-state index contributed by atoms with van der Waals surface area (Å²) in [6, 6.07) is 1.55. The predicted molar refractivity (Wildman–Crippen MR) is 160 cm³/mol. The summed E-state index contributed by atoms with van der Waals surface area (Å²) in [7, 11) is 1.24. The average molecular weight is 675 g/mol. The molecule has 14 nitrogen and oxygen atoms in total. The van der Waals surface area contributed by atoms with Crippen LogP contribution in [0, 0.1) is 0 Å². The van der Waals surface area contributed by atoms with E-state index in [1.807, 2.05) is 0 Å². The van der Waals surface area contributed by atoms with Gasteiger partial charge in [-0.2, -0.15) is 0 Å². The Balaban J connectivity index is 1.37. The zero-order chi connectivity index (χ0) is 35.0. The molecule has 254 valence electrons. The van der Waals surface area contributed by atoms with Crippen LogP contribution < -0.4 is 0 Å². The van der Waals surface area contributed by atoms with Crippen molar-refractivity contribution in [1.29, 1.82) is 0 Å². The fraction of sp³-hybridized carbons (Fsp3) is 0.429. The first kappa shape index (κ1) is 31.2. The van der Waals surface area contributed by atoms with Gasteiger partial charge in [0.15, 0.2) is 29.1 Å². The Hall–Kier alpha value is -5.08. The summed E-state index contributed by atoms with van der Waals surface area (Å²) in [4.78, 5) is 79.9. The van der Waals surface area contributed by atoms with E-state index in [9.17, 15) is 44.1 Å². The molecule has 2 aromatic carbocycles. The molecule has 7 atom stereocenters. The molecule has 49 heavy (non-hydrogen) atoms. The Labute approximate surface area is 277 Å². The molecule has 0 amide bonds. The van der Waals surface area contributed by atoms with Gasteiger partial charge < -0.3 is 39.0 Å². The summed E-state index contributed by atoms with van der Waals surface area (Å²) in [5, 5.41) is 35.7. The Kier molecular flexibility index (Phi) is 6.51. The lowest BCUT2D eigenvalue weighted by atomic mass is 9.73. The summed E-state index contributed by atoms with van der Waals surface area (Å²) in [5.74, 6) is -7.76. The number of ketones is 3. The number of Topliss-reactive ketones (excluding diaryl/α,β-unsaturated/α-hetero) is 3. The summed E-state index contributed by atoms with van der Waals surface area (Å²) in [6.45, 7) is 4.27. The standard InChI is InChI=1S/C35H30O14/c1-10-20-13(5-14(46-10)7-18(37)45-4)6-16-23(29(20)40)28(39)15-9-35(16,49-12(3)36)27-22(15)31(42)24-25(33(27)44)32(43)26-21(30(24)41)11(2)47-17-8-19(38)48-34(17)26/h6,10-11,14-15,17,34,40,42,44H,5,7-9H2,1-4H3/t10-,11-,14+,15+,17-,34+,35+/m0/s1. The third-order valence-electron chi connectivity index (χ3n) is 10.6. The predicted octanol–water partition coefficient (Wildman–Crippen LogP) is 2.64. The van der Waals surface area contributed by atoms with Gasteiger partial charge in [-0.15, -0.1) is 0 Å². The molecule has 1 fully saturated rings. The van der Waals surface area contributed by atoms with Crippen LogP contribution in [-0.4, -0.2) is 82.1 Å². The number of ether oxygens (including phenoxy) is 5. The molecule has 14 heteroatoms. The molecule has 3 aliphatic carbocycles. The van der Waals surface area contributed by atoms with Crippen molar-refractivity contribution in [2.24, 2.45) is 0 Å². The summed E-state index contributed by atoms with van der Waals surface area (Å²) in [5.41, 5.74) is -3.45. The number of esters is 3. The monoisotopic (exact) mass is 674 g/mol. The molecule has 8 rings (SSSR count). The van der Waals surface area contributed by atoms with Crippen LogP contribution in [0.5, 0.6) is 17.2 Å². The first-order chi connectivity index (χ1) is 23.2. The molecule has 3 aliphatic heterocycles. The Morgan fingerprint density at radius 2 is 1.57 bits per heavy atom. The van der Waals surface area contributed by atoms with Crippen molar-refractivity contribution in [3.8, 4) is 17.2 Å². The van der Waals surface area contributed by atoms with Crippen LogP contribution in [0.4, 0.5) is 0 Å². The van der Waals surface area contributed by atoms with Crippen molar-refractivity contribution >= 4 is 35.3 Å². The van der Waals surface area contributed by atoms with E-state index in [2.05, 4.69) is 0 Å². The highest BCUT2D eigenvalue weighted by molar-refractivity contribution is 6.30. The third kappa shape index (κ3) is 3.95. The second-order valence-electron chi connectivity index (χ2n) is 13.3. The normalized spacial score (nSPS) is 30.4. The number of carbonyl (C=O) groups is 6. The van der Waals surface area contributed by atoms with E-state index in [-0.39, 0.29) is 64.6 Å². The number of hydrogen-bond acceptors (Lipinski definition) is 14. The van der Waals surface area contributed by atoms with Crippen molar-refractivity contribution in [3.05, 3.63) is 61.7 Å². The molecule has 1 saturated heterocycles. The van der Waals surface area contributed by atoms with E-state index >= 15 is 0 Å².